The molecule has 9 heteroatoms. The maximum atomic E-state index is 14.1. The van der Waals surface area contributed by atoms with Crippen LogP contribution in [-0.2, 0) is 6.61 Å². The van der Waals surface area contributed by atoms with Gasteiger partial charge in [-0.1, -0.05) is 36.4 Å². The molecule has 0 aliphatic carbocycles. The van der Waals surface area contributed by atoms with Crippen molar-refractivity contribution < 1.29 is 23.0 Å². The summed E-state index contributed by atoms with van der Waals surface area (Å²) in [5.74, 6) is 1.82. The maximum absolute atomic E-state index is 14.1. The fourth-order valence-corrected chi connectivity index (χ4v) is 4.60. The number of ether oxygens (including phenoxy) is 3. The van der Waals surface area contributed by atoms with Crippen LogP contribution in [0.2, 0.25) is 0 Å². The highest BCUT2D eigenvalue weighted by Gasteiger charge is 2.18. The Kier molecular flexibility index (Phi) is 7.38. The molecule has 210 valence electrons. The van der Waals surface area contributed by atoms with Gasteiger partial charge in [-0.2, -0.15) is 9.78 Å². The highest BCUT2D eigenvalue weighted by atomic mass is 19.1. The lowest BCUT2D eigenvalue weighted by Gasteiger charge is -2.13. The Bertz CT molecular complexity index is 2000. The molecule has 0 saturated carbocycles. The van der Waals surface area contributed by atoms with E-state index in [1.807, 2.05) is 31.2 Å². The zero-order chi connectivity index (χ0) is 29.1. The van der Waals surface area contributed by atoms with Gasteiger partial charge >= 0.3 is 0 Å². The van der Waals surface area contributed by atoms with Crippen molar-refractivity contribution >= 4 is 28.1 Å². The molecule has 0 saturated heterocycles. The number of aromatic nitrogens is 2. The van der Waals surface area contributed by atoms with Crippen molar-refractivity contribution in [1.29, 1.82) is 0 Å². The normalized spacial score (nSPS) is 11.4. The first kappa shape index (κ1) is 26.8. The lowest BCUT2D eigenvalue weighted by Crippen LogP contribution is -2.20. The van der Waals surface area contributed by atoms with Gasteiger partial charge in [0, 0.05) is 5.56 Å². The van der Waals surface area contributed by atoms with Gasteiger partial charge in [0.25, 0.3) is 5.56 Å². The Morgan fingerprint density at radius 1 is 0.905 bits per heavy atom. The van der Waals surface area contributed by atoms with Crippen LogP contribution in [-0.4, -0.2) is 29.6 Å². The van der Waals surface area contributed by atoms with Crippen molar-refractivity contribution in [1.82, 2.24) is 9.66 Å². The van der Waals surface area contributed by atoms with Crippen molar-refractivity contribution in [2.45, 2.75) is 13.5 Å². The first-order chi connectivity index (χ1) is 20.6. The van der Waals surface area contributed by atoms with E-state index < -0.39 is 0 Å². The van der Waals surface area contributed by atoms with Crippen LogP contribution in [0.4, 0.5) is 4.39 Å². The number of methoxy groups -OCH3 is 1. The number of rotatable bonds is 9. The number of halogens is 1. The molecule has 0 unspecified atom stereocenters. The predicted molar refractivity (Wildman–Crippen MR) is 159 cm³/mol. The number of hydrogen-bond donors (Lipinski definition) is 0. The summed E-state index contributed by atoms with van der Waals surface area (Å²) in [6.45, 7) is 2.30. The van der Waals surface area contributed by atoms with E-state index in [-0.39, 0.29) is 23.8 Å². The van der Waals surface area contributed by atoms with Gasteiger partial charge < -0.3 is 18.6 Å². The highest BCUT2D eigenvalue weighted by Crippen LogP contribution is 2.33. The number of nitrogens with zero attached hydrogens (tertiary/aromatic N) is 3. The van der Waals surface area contributed by atoms with Crippen molar-refractivity contribution in [3.05, 3.63) is 118 Å². The number of furan rings is 1. The van der Waals surface area contributed by atoms with Gasteiger partial charge in [-0.25, -0.2) is 9.37 Å². The number of fused-ring (bicyclic) bond motifs is 2. The van der Waals surface area contributed by atoms with E-state index in [2.05, 4.69) is 5.10 Å². The van der Waals surface area contributed by atoms with Crippen molar-refractivity contribution in [2.24, 2.45) is 5.10 Å². The van der Waals surface area contributed by atoms with Crippen LogP contribution >= 0.6 is 0 Å². The van der Waals surface area contributed by atoms with Gasteiger partial charge in [-0.15, -0.1) is 0 Å². The van der Waals surface area contributed by atoms with Gasteiger partial charge in [-0.3, -0.25) is 4.79 Å². The number of para-hydroxylation sites is 1. The third kappa shape index (κ3) is 5.19. The SMILES string of the molecule is CCOc1cc(C=Nn2c(-c3cc4c(OC)cccc4o3)nc3ccccc3c2=O)ccc1OCc1ccccc1F. The van der Waals surface area contributed by atoms with E-state index >= 15 is 0 Å². The van der Waals surface area contributed by atoms with Gasteiger partial charge in [0.1, 0.15) is 23.8 Å². The summed E-state index contributed by atoms with van der Waals surface area (Å²) >= 11 is 0. The molecule has 0 radical (unpaired) electrons. The topological polar surface area (TPSA) is 88.1 Å². The fraction of sp³-hybridized carbons (Fsp3) is 0.121. The third-order valence-electron chi connectivity index (χ3n) is 6.65. The summed E-state index contributed by atoms with van der Waals surface area (Å²) in [5.41, 5.74) is 1.84. The van der Waals surface area contributed by atoms with E-state index in [0.717, 1.165) is 5.39 Å². The second-order valence-electron chi connectivity index (χ2n) is 9.32. The molecular weight excluding hydrogens is 537 g/mol. The predicted octanol–water partition coefficient (Wildman–Crippen LogP) is 6.82. The average molecular weight is 564 g/mol. The van der Waals surface area contributed by atoms with Crippen molar-refractivity contribution in [2.75, 3.05) is 13.7 Å². The number of hydrogen-bond acceptors (Lipinski definition) is 7. The van der Waals surface area contributed by atoms with Crippen LogP contribution in [0.15, 0.2) is 105 Å². The molecule has 0 fully saturated rings. The largest absolute Gasteiger partial charge is 0.496 e. The molecule has 0 bridgehead atoms. The zero-order valence-corrected chi connectivity index (χ0v) is 22.9. The minimum Gasteiger partial charge on any atom is -0.496 e. The molecule has 0 atom stereocenters. The Balaban J connectivity index is 1.39. The summed E-state index contributed by atoms with van der Waals surface area (Å²) in [6, 6.07) is 26.0. The maximum Gasteiger partial charge on any atom is 0.282 e. The summed E-state index contributed by atoms with van der Waals surface area (Å²) in [7, 11) is 1.59. The molecule has 8 nitrogen and oxygen atoms in total. The molecule has 0 spiro atoms. The molecule has 0 amide bonds. The number of benzene rings is 4. The summed E-state index contributed by atoms with van der Waals surface area (Å²) in [5, 5.41) is 5.70. The van der Waals surface area contributed by atoms with Crippen LogP contribution in [0.3, 0.4) is 0 Å². The molecular formula is C33H26FN3O5. The lowest BCUT2D eigenvalue weighted by molar-refractivity contribution is 0.266. The summed E-state index contributed by atoms with van der Waals surface area (Å²) in [6.07, 6.45) is 1.54. The quantitative estimate of drug-likeness (QED) is 0.180. The average Bonchev–Trinajstić information content (AvgIpc) is 3.45. The first-order valence-electron chi connectivity index (χ1n) is 13.3. The smallest absolute Gasteiger partial charge is 0.282 e. The van der Waals surface area contributed by atoms with Gasteiger partial charge in [0.2, 0.25) is 5.82 Å². The van der Waals surface area contributed by atoms with E-state index in [4.69, 9.17) is 23.6 Å². The second-order valence-corrected chi connectivity index (χ2v) is 9.32. The van der Waals surface area contributed by atoms with E-state index in [1.54, 1.807) is 67.8 Å². The van der Waals surface area contributed by atoms with E-state index in [9.17, 15) is 9.18 Å². The molecule has 2 aromatic heterocycles. The minimum absolute atomic E-state index is 0.0456. The molecule has 4 aromatic carbocycles. The fourth-order valence-electron chi connectivity index (χ4n) is 4.60. The molecule has 6 aromatic rings. The highest BCUT2D eigenvalue weighted by molar-refractivity contribution is 5.88. The lowest BCUT2D eigenvalue weighted by atomic mass is 10.2. The first-order valence-corrected chi connectivity index (χ1v) is 13.3. The van der Waals surface area contributed by atoms with Crippen LogP contribution in [0, 0.1) is 5.82 Å². The van der Waals surface area contributed by atoms with Gasteiger partial charge in [-0.05, 0) is 67.1 Å². The third-order valence-corrected chi connectivity index (χ3v) is 6.65. The van der Waals surface area contributed by atoms with E-state index in [1.165, 1.54) is 17.0 Å². The molecule has 0 aliphatic heterocycles. The molecule has 6 rings (SSSR count). The second kappa shape index (κ2) is 11.6. The molecule has 0 N–H and O–H groups in total. The summed E-state index contributed by atoms with van der Waals surface area (Å²) in [4.78, 5) is 18.4. The Labute approximate surface area is 240 Å². The summed E-state index contributed by atoms with van der Waals surface area (Å²) < 4.78 is 38.5. The van der Waals surface area contributed by atoms with E-state index in [0.29, 0.717) is 57.2 Å². The minimum atomic E-state index is -0.353. The molecule has 42 heavy (non-hydrogen) atoms. The molecule has 0 aliphatic rings. The standard InChI is InChI=1S/C33H26FN3O5/c1-3-40-30-17-21(15-16-29(30)41-20-22-9-4-6-11-25(22)34)19-35-37-32(36-26-12-7-5-10-23(26)33(37)38)31-18-24-27(39-2)13-8-14-28(24)42-31/h4-19H,3,20H2,1-2H3. The zero-order valence-electron chi connectivity index (χ0n) is 22.9. The van der Waals surface area contributed by atoms with Crippen LogP contribution in [0.25, 0.3) is 33.5 Å². The van der Waals surface area contributed by atoms with Gasteiger partial charge in [0.05, 0.1) is 36.2 Å². The Morgan fingerprint density at radius 3 is 2.57 bits per heavy atom. The van der Waals surface area contributed by atoms with Crippen molar-refractivity contribution in [3.63, 3.8) is 0 Å². The Morgan fingerprint density at radius 2 is 1.74 bits per heavy atom. The monoisotopic (exact) mass is 563 g/mol. The van der Waals surface area contributed by atoms with Gasteiger partial charge in [0.15, 0.2) is 17.3 Å². The molecule has 2 heterocycles. The van der Waals surface area contributed by atoms with Crippen LogP contribution < -0.4 is 19.8 Å². The van der Waals surface area contributed by atoms with Crippen molar-refractivity contribution in [3.8, 4) is 28.8 Å². The van der Waals surface area contributed by atoms with Crippen LogP contribution in [0.5, 0.6) is 17.2 Å². The Hall–Kier alpha value is -5.44. The van der Waals surface area contributed by atoms with Crippen LogP contribution in [0.1, 0.15) is 18.1 Å².